The van der Waals surface area contributed by atoms with Gasteiger partial charge in [0.1, 0.15) is 18.5 Å². The first kappa shape index (κ1) is 40.1. The van der Waals surface area contributed by atoms with Crippen LogP contribution in [0.4, 0.5) is 5.82 Å². The number of aromatic nitrogens is 4. The number of aliphatic hydroxyl groups excluding tert-OH is 1. The van der Waals surface area contributed by atoms with Gasteiger partial charge in [0.2, 0.25) is 0 Å². The summed E-state index contributed by atoms with van der Waals surface area (Å²) in [7, 11) is -0.305. The molecular weight excluding hydrogens is 739 g/mol. The molecule has 0 bridgehead atoms. The summed E-state index contributed by atoms with van der Waals surface area (Å²) in [5, 5.41) is 27.6. The van der Waals surface area contributed by atoms with Gasteiger partial charge in [-0.3, -0.25) is 9.36 Å². The van der Waals surface area contributed by atoms with Crippen molar-refractivity contribution in [1.82, 2.24) is 19.5 Å². The van der Waals surface area contributed by atoms with Gasteiger partial charge in [-0.25, -0.2) is 15.0 Å². The zero-order valence-electron chi connectivity index (χ0n) is 33.2. The molecule has 7 rings (SSSR count). The van der Waals surface area contributed by atoms with Crippen molar-refractivity contribution >= 4 is 31.2 Å². The number of amides is 1. The quantitative estimate of drug-likeness (QED) is 0.0683. The maximum Gasteiger partial charge on any atom is 0.310 e. The summed E-state index contributed by atoms with van der Waals surface area (Å²) < 4.78 is 28.0. The number of rotatable bonds is 12. The first-order chi connectivity index (χ1) is 27.2. The molecule has 57 heavy (non-hydrogen) atoms. The van der Waals surface area contributed by atoms with Crippen molar-refractivity contribution in [2.75, 3.05) is 19.5 Å². The molecule has 13 heteroatoms. The van der Waals surface area contributed by atoms with Crippen LogP contribution in [0.25, 0.3) is 11.2 Å². The molecule has 1 saturated heterocycles. The van der Waals surface area contributed by atoms with Crippen LogP contribution in [-0.2, 0) is 29.8 Å². The smallest absolute Gasteiger partial charge is 0.310 e. The number of benzene rings is 4. The predicted molar refractivity (Wildman–Crippen MR) is 219 cm³/mol. The molecule has 3 heterocycles. The highest BCUT2D eigenvalue weighted by atomic mass is 28.4. The van der Waals surface area contributed by atoms with Crippen molar-refractivity contribution in [3.63, 3.8) is 0 Å². The standard InChI is InChI=1S/C44H49N5O7Si/c1-41(2,3)57(6,7)56-36-35(50)37(44(52,53-4)54-5)55-43(36,49-29-47-34-38(45-28-46-39(34)49)48-40(51)30-20-12-8-13-21-30)42(31-22-14-9-15-23-31,32-24-16-10-17-25-32)33-26-18-11-19-27-33/h8-29,35-37,50,52H,1-7H3,(H,45,46,48,51)/t35-,36+,37-,43-/m0/s1. The van der Waals surface area contributed by atoms with Crippen molar-refractivity contribution < 1.29 is 33.6 Å². The normalized spacial score (nSPS) is 20.5. The molecule has 4 aromatic carbocycles. The van der Waals surface area contributed by atoms with E-state index in [0.29, 0.717) is 5.56 Å². The number of nitrogens with one attached hydrogen (secondary N) is 1. The number of anilines is 1. The molecular formula is C44H49N5O7Si. The van der Waals surface area contributed by atoms with Crippen molar-refractivity contribution in [2.45, 2.75) is 74.3 Å². The third-order valence-electron chi connectivity index (χ3n) is 11.6. The summed E-state index contributed by atoms with van der Waals surface area (Å²) in [6.07, 6.45) is -1.49. The fourth-order valence-electron chi connectivity index (χ4n) is 7.77. The zero-order chi connectivity index (χ0) is 40.6. The second-order valence-electron chi connectivity index (χ2n) is 15.7. The highest BCUT2D eigenvalue weighted by Crippen LogP contribution is 2.60. The lowest BCUT2D eigenvalue weighted by molar-refractivity contribution is -0.396. The Balaban J connectivity index is 1.65. The minimum Gasteiger partial charge on any atom is -0.406 e. The second-order valence-corrected chi connectivity index (χ2v) is 20.5. The number of carbonyl (C=O) groups is 1. The van der Waals surface area contributed by atoms with Crippen LogP contribution < -0.4 is 5.32 Å². The fraction of sp³-hybridized carbons (Fsp3) is 0.318. The minimum absolute atomic E-state index is 0.162. The van der Waals surface area contributed by atoms with Crippen LogP contribution in [0.3, 0.4) is 0 Å². The minimum atomic E-state index is -2.87. The topological polar surface area (TPSA) is 150 Å². The predicted octanol–water partition coefficient (Wildman–Crippen LogP) is 6.86. The van der Waals surface area contributed by atoms with Gasteiger partial charge in [-0.05, 0) is 47.0 Å². The van der Waals surface area contributed by atoms with Gasteiger partial charge >= 0.3 is 5.97 Å². The van der Waals surface area contributed by atoms with Crippen LogP contribution in [-0.4, -0.2) is 82.5 Å². The Bertz CT molecular complexity index is 2210. The van der Waals surface area contributed by atoms with E-state index in [1.165, 1.54) is 20.5 Å². The van der Waals surface area contributed by atoms with Crippen LogP contribution in [0.5, 0.6) is 0 Å². The molecule has 1 aliphatic heterocycles. The number of hydrogen-bond donors (Lipinski definition) is 3. The highest BCUT2D eigenvalue weighted by Gasteiger charge is 2.73. The fourth-order valence-corrected chi connectivity index (χ4v) is 9.06. The first-order valence-electron chi connectivity index (χ1n) is 18.8. The van der Waals surface area contributed by atoms with Gasteiger partial charge < -0.3 is 34.2 Å². The van der Waals surface area contributed by atoms with Crippen molar-refractivity contribution in [1.29, 1.82) is 0 Å². The van der Waals surface area contributed by atoms with Crippen LogP contribution in [0.1, 0.15) is 47.8 Å². The van der Waals surface area contributed by atoms with Crippen LogP contribution in [0.15, 0.2) is 134 Å². The first-order valence-corrected chi connectivity index (χ1v) is 21.7. The average Bonchev–Trinajstić information content (AvgIpc) is 3.79. The number of carbonyl (C=O) groups excluding carboxylic acids is 1. The van der Waals surface area contributed by atoms with E-state index in [1.54, 1.807) is 35.2 Å². The Morgan fingerprint density at radius 2 is 1.28 bits per heavy atom. The summed E-state index contributed by atoms with van der Waals surface area (Å²) in [4.78, 5) is 27.7. The summed E-state index contributed by atoms with van der Waals surface area (Å²) in [5.74, 6) is -2.68. The summed E-state index contributed by atoms with van der Waals surface area (Å²) in [6, 6.07) is 38.3. The third-order valence-corrected chi connectivity index (χ3v) is 16.1. The Morgan fingerprint density at radius 1 is 0.789 bits per heavy atom. The van der Waals surface area contributed by atoms with Gasteiger partial charge in [0, 0.05) is 19.8 Å². The van der Waals surface area contributed by atoms with E-state index >= 15 is 0 Å². The molecule has 296 valence electrons. The number of hydrogen-bond acceptors (Lipinski definition) is 10. The lowest BCUT2D eigenvalue weighted by Gasteiger charge is -2.54. The van der Waals surface area contributed by atoms with E-state index in [4.69, 9.17) is 28.6 Å². The number of aliphatic hydroxyl groups is 2. The second kappa shape index (κ2) is 15.3. The number of ether oxygens (including phenoxy) is 3. The lowest BCUT2D eigenvalue weighted by atomic mass is 9.60. The summed E-state index contributed by atoms with van der Waals surface area (Å²) in [6.45, 7) is 10.5. The van der Waals surface area contributed by atoms with Crippen LogP contribution in [0, 0.1) is 0 Å². The average molecular weight is 788 g/mol. The molecule has 1 amide bonds. The Hall–Kier alpha value is -5.12. The maximum absolute atomic E-state index is 13.5. The van der Waals surface area contributed by atoms with Crippen molar-refractivity contribution in [3.05, 3.63) is 156 Å². The van der Waals surface area contributed by atoms with Crippen molar-refractivity contribution in [2.24, 2.45) is 0 Å². The molecule has 0 unspecified atom stereocenters. The zero-order valence-corrected chi connectivity index (χ0v) is 34.2. The molecule has 0 spiro atoms. The molecule has 0 saturated carbocycles. The third kappa shape index (κ3) is 6.58. The van der Waals surface area contributed by atoms with Gasteiger partial charge in [0.15, 0.2) is 37.1 Å². The van der Waals surface area contributed by atoms with Crippen molar-refractivity contribution in [3.8, 4) is 0 Å². The summed E-state index contributed by atoms with van der Waals surface area (Å²) >= 11 is 0. The Labute approximate surface area is 333 Å². The van der Waals surface area contributed by atoms with E-state index in [2.05, 4.69) is 44.2 Å². The molecule has 12 nitrogen and oxygen atoms in total. The number of fused-ring (bicyclic) bond motifs is 1. The molecule has 1 fully saturated rings. The molecule has 3 N–H and O–H groups in total. The molecule has 4 atom stereocenters. The molecule has 0 radical (unpaired) electrons. The van der Waals surface area contributed by atoms with E-state index in [-0.39, 0.29) is 27.9 Å². The van der Waals surface area contributed by atoms with Gasteiger partial charge in [0.05, 0.1) is 11.7 Å². The Morgan fingerprint density at radius 3 is 1.75 bits per heavy atom. The van der Waals surface area contributed by atoms with E-state index in [9.17, 15) is 15.0 Å². The maximum atomic E-state index is 13.5. The van der Waals surface area contributed by atoms with Gasteiger partial charge in [-0.2, -0.15) is 0 Å². The number of imidazole rings is 1. The highest BCUT2D eigenvalue weighted by molar-refractivity contribution is 6.74. The molecule has 6 aromatic rings. The number of nitrogens with zero attached hydrogens (tertiary/aromatic N) is 4. The van der Waals surface area contributed by atoms with E-state index in [0.717, 1.165) is 16.7 Å². The molecule has 0 aliphatic carbocycles. The largest absolute Gasteiger partial charge is 0.406 e. The SMILES string of the molecule is COC(O)(OC)[C@H]1O[C@](n2cnc3c(NC(=O)c4ccccc4)ncnc32)(C(c2ccccc2)(c2ccccc2)c2ccccc2)[C@H](O[Si](C)(C)C(C)(C)C)[C@@H]1O. The van der Waals surface area contributed by atoms with Gasteiger partial charge in [-0.15, -0.1) is 0 Å². The summed E-state index contributed by atoms with van der Waals surface area (Å²) in [5.41, 5.74) is -0.0497. The van der Waals surface area contributed by atoms with Gasteiger partial charge in [0.25, 0.3) is 5.91 Å². The lowest BCUT2D eigenvalue weighted by Crippen LogP contribution is -2.64. The van der Waals surface area contributed by atoms with Crippen LogP contribution >= 0.6 is 0 Å². The Kier molecular flexibility index (Phi) is 10.8. The molecule has 2 aromatic heterocycles. The van der Waals surface area contributed by atoms with E-state index in [1.807, 2.05) is 97.1 Å². The van der Waals surface area contributed by atoms with Gasteiger partial charge in [-0.1, -0.05) is 130 Å². The van der Waals surface area contributed by atoms with E-state index < -0.39 is 43.7 Å². The van der Waals surface area contributed by atoms with Crippen LogP contribution in [0.2, 0.25) is 18.1 Å². The monoisotopic (exact) mass is 787 g/mol. The molecule has 1 aliphatic rings. The number of methoxy groups -OCH3 is 2.